The number of alkyl halides is 4. The molecule has 0 amide bonds. The molecule has 0 saturated heterocycles. The molecule has 0 aliphatic carbocycles. The molecule has 3 nitrogen and oxygen atoms in total. The number of ether oxygens (including phenoxy) is 1. The maximum atomic E-state index is 11.9. The Hall–Kier alpha value is -1.17. The van der Waals surface area contributed by atoms with E-state index in [2.05, 4.69) is 9.72 Å². The molecule has 1 heterocycles. The van der Waals surface area contributed by atoms with Crippen LogP contribution in [0.5, 0.6) is 11.6 Å². The highest BCUT2D eigenvalue weighted by atomic mass is 35.5. The lowest BCUT2D eigenvalue weighted by atomic mass is 10.1. The zero-order valence-electron chi connectivity index (χ0n) is 7.60. The van der Waals surface area contributed by atoms with Gasteiger partial charge in [0.15, 0.2) is 0 Å². The van der Waals surface area contributed by atoms with E-state index in [0.29, 0.717) is 0 Å². The fourth-order valence-corrected chi connectivity index (χ4v) is 1.33. The lowest BCUT2D eigenvalue weighted by molar-refractivity contribution is -0.276. The van der Waals surface area contributed by atoms with Crippen LogP contribution in [0.4, 0.5) is 13.2 Å². The molecule has 0 bridgehead atoms. The number of rotatable bonds is 2. The Kier molecular flexibility index (Phi) is 3.28. The molecule has 1 aromatic rings. The third-order valence-corrected chi connectivity index (χ3v) is 2.00. The molecule has 0 spiro atoms. The summed E-state index contributed by atoms with van der Waals surface area (Å²) < 4.78 is 39.3. The average molecular weight is 242 g/mol. The average Bonchev–Trinajstić information content (AvgIpc) is 2.09. The second-order valence-corrected chi connectivity index (χ2v) is 3.00. The van der Waals surface area contributed by atoms with Crippen molar-refractivity contribution in [3.05, 3.63) is 17.3 Å². The van der Waals surface area contributed by atoms with Gasteiger partial charge in [-0.05, 0) is 6.92 Å². The first-order chi connectivity index (χ1) is 6.85. The maximum absolute atomic E-state index is 11.9. The predicted molar refractivity (Wildman–Crippen MR) is 46.9 cm³/mol. The van der Waals surface area contributed by atoms with Crippen LogP contribution in [-0.4, -0.2) is 16.5 Å². The van der Waals surface area contributed by atoms with Gasteiger partial charge in [0.2, 0.25) is 5.88 Å². The van der Waals surface area contributed by atoms with Gasteiger partial charge in [-0.1, -0.05) is 0 Å². The summed E-state index contributed by atoms with van der Waals surface area (Å²) in [5, 5.41) is 9.23. The van der Waals surface area contributed by atoms with E-state index in [1.165, 1.54) is 6.92 Å². The normalized spacial score (nSPS) is 11.5. The summed E-state index contributed by atoms with van der Waals surface area (Å²) in [5.74, 6) is -0.970. The van der Waals surface area contributed by atoms with Gasteiger partial charge in [0.05, 0.1) is 12.1 Å². The van der Waals surface area contributed by atoms with Crippen molar-refractivity contribution in [3.8, 4) is 11.6 Å². The van der Waals surface area contributed by atoms with E-state index in [0.717, 1.165) is 6.20 Å². The van der Waals surface area contributed by atoms with Crippen molar-refractivity contribution in [2.24, 2.45) is 0 Å². The van der Waals surface area contributed by atoms with Gasteiger partial charge in [0.25, 0.3) is 0 Å². The largest absolute Gasteiger partial charge is 0.574 e. The van der Waals surface area contributed by atoms with Crippen LogP contribution in [0, 0.1) is 6.92 Å². The topological polar surface area (TPSA) is 42.4 Å². The Bertz CT molecular complexity index is 368. The Morgan fingerprint density at radius 3 is 2.60 bits per heavy atom. The summed E-state index contributed by atoms with van der Waals surface area (Å²) in [6.07, 6.45) is -3.94. The Balaban J connectivity index is 3.11. The van der Waals surface area contributed by atoms with Gasteiger partial charge in [0, 0.05) is 11.1 Å². The van der Waals surface area contributed by atoms with Gasteiger partial charge >= 0.3 is 6.36 Å². The molecule has 0 aromatic carbocycles. The van der Waals surface area contributed by atoms with Crippen molar-refractivity contribution in [1.82, 2.24) is 4.98 Å². The third kappa shape index (κ3) is 2.89. The van der Waals surface area contributed by atoms with Crippen molar-refractivity contribution >= 4 is 11.6 Å². The fraction of sp³-hybridized carbons (Fsp3) is 0.375. The van der Waals surface area contributed by atoms with Crippen molar-refractivity contribution in [2.75, 3.05) is 0 Å². The molecule has 1 N–H and O–H groups in total. The van der Waals surface area contributed by atoms with E-state index in [-0.39, 0.29) is 22.8 Å². The number of pyridine rings is 1. The van der Waals surface area contributed by atoms with Gasteiger partial charge in [-0.15, -0.1) is 24.8 Å². The van der Waals surface area contributed by atoms with Crippen LogP contribution >= 0.6 is 11.6 Å². The smallest absolute Gasteiger partial charge is 0.506 e. The SMILES string of the molecule is Cc1c(OC(F)(F)F)ncc(O)c1CCl. The van der Waals surface area contributed by atoms with Gasteiger partial charge in [-0.25, -0.2) is 4.98 Å². The van der Waals surface area contributed by atoms with E-state index in [1.54, 1.807) is 0 Å². The molecule has 1 aromatic heterocycles. The minimum atomic E-state index is -4.81. The van der Waals surface area contributed by atoms with Crippen LogP contribution in [0.2, 0.25) is 0 Å². The molecular weight excluding hydrogens is 235 g/mol. The van der Waals surface area contributed by atoms with Crippen molar-refractivity contribution in [1.29, 1.82) is 0 Å². The van der Waals surface area contributed by atoms with Crippen molar-refractivity contribution in [3.63, 3.8) is 0 Å². The third-order valence-electron chi connectivity index (χ3n) is 1.73. The first kappa shape index (κ1) is 11.9. The molecule has 15 heavy (non-hydrogen) atoms. The number of nitrogens with zero attached hydrogens (tertiary/aromatic N) is 1. The van der Waals surface area contributed by atoms with Crippen LogP contribution < -0.4 is 4.74 Å². The summed E-state index contributed by atoms with van der Waals surface area (Å²) in [7, 11) is 0. The molecule has 0 saturated carbocycles. The van der Waals surface area contributed by atoms with Crippen molar-refractivity contribution < 1.29 is 23.0 Å². The minimum Gasteiger partial charge on any atom is -0.506 e. The molecule has 0 fully saturated rings. The second-order valence-electron chi connectivity index (χ2n) is 2.73. The molecule has 0 aliphatic rings. The van der Waals surface area contributed by atoms with Crippen LogP contribution in [0.1, 0.15) is 11.1 Å². The van der Waals surface area contributed by atoms with Gasteiger partial charge in [-0.3, -0.25) is 0 Å². The second kappa shape index (κ2) is 4.14. The first-order valence-electron chi connectivity index (χ1n) is 3.84. The van der Waals surface area contributed by atoms with E-state index in [4.69, 9.17) is 11.6 Å². The minimum absolute atomic E-state index is 0.0716. The van der Waals surface area contributed by atoms with E-state index in [1.807, 2.05) is 0 Å². The summed E-state index contributed by atoms with van der Waals surface area (Å²) in [4.78, 5) is 3.32. The van der Waals surface area contributed by atoms with E-state index < -0.39 is 12.2 Å². The number of aromatic nitrogens is 1. The van der Waals surface area contributed by atoms with E-state index in [9.17, 15) is 18.3 Å². The molecule has 0 radical (unpaired) electrons. The lowest BCUT2D eigenvalue weighted by Crippen LogP contribution is -2.19. The number of aromatic hydroxyl groups is 1. The summed E-state index contributed by atoms with van der Waals surface area (Å²) in [6.45, 7) is 1.34. The molecule has 0 aliphatic heterocycles. The number of hydrogen-bond donors (Lipinski definition) is 1. The zero-order valence-corrected chi connectivity index (χ0v) is 8.35. The van der Waals surface area contributed by atoms with Gasteiger partial charge in [-0.2, -0.15) is 0 Å². The fourth-order valence-electron chi connectivity index (χ4n) is 0.997. The van der Waals surface area contributed by atoms with Crippen LogP contribution in [0.3, 0.4) is 0 Å². The molecule has 84 valence electrons. The monoisotopic (exact) mass is 241 g/mol. The summed E-state index contributed by atoms with van der Waals surface area (Å²) >= 11 is 5.46. The van der Waals surface area contributed by atoms with E-state index >= 15 is 0 Å². The standard InChI is InChI=1S/C8H7ClF3NO2/c1-4-5(2-9)6(14)3-13-7(4)15-8(10,11)12/h3,14H,2H2,1H3. The zero-order chi connectivity index (χ0) is 11.6. The first-order valence-corrected chi connectivity index (χ1v) is 4.37. The number of halogens is 4. The Labute approximate surface area is 88.5 Å². The van der Waals surface area contributed by atoms with Gasteiger partial charge < -0.3 is 9.84 Å². The number of hydrogen-bond acceptors (Lipinski definition) is 3. The summed E-state index contributed by atoms with van der Waals surface area (Å²) in [6, 6.07) is 0. The van der Waals surface area contributed by atoms with Crippen molar-refractivity contribution in [2.45, 2.75) is 19.2 Å². The highest BCUT2D eigenvalue weighted by Gasteiger charge is 2.33. The molecular formula is C8H7ClF3NO2. The highest BCUT2D eigenvalue weighted by Crippen LogP contribution is 2.30. The lowest BCUT2D eigenvalue weighted by Gasteiger charge is -2.12. The van der Waals surface area contributed by atoms with Crippen LogP contribution in [0.25, 0.3) is 0 Å². The molecule has 0 unspecified atom stereocenters. The quantitative estimate of drug-likeness (QED) is 0.810. The summed E-state index contributed by atoms with van der Waals surface area (Å²) in [5.41, 5.74) is 0.244. The maximum Gasteiger partial charge on any atom is 0.574 e. The Morgan fingerprint density at radius 2 is 2.13 bits per heavy atom. The molecule has 1 rings (SSSR count). The predicted octanol–water partition coefficient (Wildman–Crippen LogP) is 2.73. The van der Waals surface area contributed by atoms with Gasteiger partial charge in [0.1, 0.15) is 5.75 Å². The van der Waals surface area contributed by atoms with Crippen LogP contribution in [-0.2, 0) is 5.88 Å². The molecule has 0 atom stereocenters. The van der Waals surface area contributed by atoms with Crippen LogP contribution in [0.15, 0.2) is 6.20 Å². The highest BCUT2D eigenvalue weighted by molar-refractivity contribution is 6.17. The molecule has 7 heteroatoms. The Morgan fingerprint density at radius 1 is 1.53 bits per heavy atom.